The SMILES string of the molecule is CCN(CC)C(=O)Cc1c(-c2ccc(OCCCOCCOCCOCCOCCNCc3cc(F)cc4c3ccn4Cc3ccc(Cl)cc3)cc2)nn2c(C)cc(C)nc12. The Morgan fingerprint density at radius 3 is 2.18 bits per heavy atom. The Morgan fingerprint density at radius 1 is 0.820 bits per heavy atom. The maximum Gasteiger partial charge on any atom is 0.227 e. The van der Waals surface area contributed by atoms with Gasteiger partial charge in [0, 0.05) is 84.9 Å². The predicted octanol–water partition coefficient (Wildman–Crippen LogP) is 7.84. The third kappa shape index (κ3) is 13.1. The molecule has 14 heteroatoms. The number of likely N-dealkylation sites (N-methyl/N-ethyl adjacent to an activating group) is 1. The molecule has 0 saturated carbocycles. The Hall–Kier alpha value is -4.89. The average Bonchev–Trinajstić information content (AvgIpc) is 3.82. The molecule has 1 amide bonds. The quantitative estimate of drug-likeness (QED) is 0.0546. The summed E-state index contributed by atoms with van der Waals surface area (Å²) in [6.07, 6.45) is 2.97. The molecule has 0 aliphatic rings. The topological polar surface area (TPSA) is 114 Å². The van der Waals surface area contributed by atoms with E-state index in [4.69, 9.17) is 45.4 Å². The summed E-state index contributed by atoms with van der Waals surface area (Å²) >= 11 is 6.02. The van der Waals surface area contributed by atoms with Crippen LogP contribution in [0.4, 0.5) is 4.39 Å². The lowest BCUT2D eigenvalue weighted by Gasteiger charge is -2.18. The normalized spacial score (nSPS) is 11.6. The minimum absolute atomic E-state index is 0.0603. The lowest BCUT2D eigenvalue weighted by atomic mass is 10.0. The first-order chi connectivity index (χ1) is 29.7. The standard InChI is InChI=1S/C47H58ClFN6O6/c1-5-53(6-2)45(56)31-43-46(52-55-35(4)28-34(3)51-47(43)55)37-10-14-41(15-11-37)61-20-7-19-57-22-24-59-26-27-60-25-23-58-21-17-50-32-38-29-40(49)30-44-42(38)16-18-54(44)33-36-8-12-39(48)13-9-36/h8-16,18,28-30,50H,5-7,17,19-27,31-33H2,1-4H3. The third-order valence-electron chi connectivity index (χ3n) is 10.3. The number of aromatic nitrogens is 4. The number of halogens is 2. The monoisotopic (exact) mass is 856 g/mol. The fourth-order valence-electron chi connectivity index (χ4n) is 7.19. The van der Waals surface area contributed by atoms with Crippen molar-refractivity contribution in [3.05, 3.63) is 118 Å². The van der Waals surface area contributed by atoms with Crippen LogP contribution in [0.3, 0.4) is 0 Å². The summed E-state index contributed by atoms with van der Waals surface area (Å²) in [7, 11) is 0. The summed E-state index contributed by atoms with van der Waals surface area (Å²) in [6, 6.07) is 22.7. The molecule has 3 aromatic heterocycles. The third-order valence-corrected chi connectivity index (χ3v) is 10.6. The minimum Gasteiger partial charge on any atom is -0.494 e. The molecule has 6 aromatic rings. The van der Waals surface area contributed by atoms with E-state index in [9.17, 15) is 9.18 Å². The highest BCUT2D eigenvalue weighted by Crippen LogP contribution is 2.29. The zero-order valence-corrected chi connectivity index (χ0v) is 36.5. The average molecular weight is 857 g/mol. The van der Waals surface area contributed by atoms with Crippen molar-refractivity contribution in [3.63, 3.8) is 0 Å². The second-order valence-corrected chi connectivity index (χ2v) is 15.2. The lowest BCUT2D eigenvalue weighted by molar-refractivity contribution is -0.130. The molecule has 3 heterocycles. The molecule has 0 atom stereocenters. The van der Waals surface area contributed by atoms with Crippen LogP contribution in [-0.4, -0.2) is 109 Å². The van der Waals surface area contributed by atoms with Gasteiger partial charge in [0.1, 0.15) is 11.6 Å². The molecule has 6 rings (SSSR count). The van der Waals surface area contributed by atoms with E-state index in [2.05, 4.69) is 9.88 Å². The number of ether oxygens (including phenoxy) is 5. The molecule has 0 aliphatic heterocycles. The Balaban J connectivity index is 0.783. The van der Waals surface area contributed by atoms with Crippen LogP contribution in [0, 0.1) is 19.7 Å². The van der Waals surface area contributed by atoms with Gasteiger partial charge in [-0.2, -0.15) is 5.10 Å². The van der Waals surface area contributed by atoms with Gasteiger partial charge in [0.25, 0.3) is 0 Å². The molecule has 0 fully saturated rings. The molecule has 3 aromatic carbocycles. The zero-order chi connectivity index (χ0) is 43.0. The van der Waals surface area contributed by atoms with E-state index in [1.165, 1.54) is 0 Å². The highest BCUT2D eigenvalue weighted by molar-refractivity contribution is 6.30. The molecule has 0 spiro atoms. The van der Waals surface area contributed by atoms with Gasteiger partial charge in [-0.05, 0) is 99.5 Å². The number of amides is 1. The van der Waals surface area contributed by atoms with Gasteiger partial charge in [-0.25, -0.2) is 13.9 Å². The van der Waals surface area contributed by atoms with E-state index in [0.29, 0.717) is 97.2 Å². The van der Waals surface area contributed by atoms with Crippen LogP contribution in [0.2, 0.25) is 5.02 Å². The number of hydrogen-bond acceptors (Lipinski definition) is 9. The summed E-state index contributed by atoms with van der Waals surface area (Å²) in [5, 5.41) is 9.96. The van der Waals surface area contributed by atoms with Gasteiger partial charge < -0.3 is 38.5 Å². The van der Waals surface area contributed by atoms with Crippen molar-refractivity contribution in [3.8, 4) is 17.0 Å². The van der Waals surface area contributed by atoms with Crippen LogP contribution < -0.4 is 10.1 Å². The summed E-state index contributed by atoms with van der Waals surface area (Å²) in [5.74, 6) is 0.558. The van der Waals surface area contributed by atoms with Gasteiger partial charge in [0.15, 0.2) is 5.65 Å². The largest absolute Gasteiger partial charge is 0.494 e. The van der Waals surface area contributed by atoms with Crippen LogP contribution in [0.5, 0.6) is 5.75 Å². The van der Waals surface area contributed by atoms with E-state index < -0.39 is 0 Å². The summed E-state index contributed by atoms with van der Waals surface area (Å²) in [6.45, 7) is 15.6. The fourth-order valence-corrected chi connectivity index (χ4v) is 7.32. The fraction of sp³-hybridized carbons (Fsp3) is 0.426. The molecule has 1 N–H and O–H groups in total. The molecule has 12 nitrogen and oxygen atoms in total. The molecule has 326 valence electrons. The van der Waals surface area contributed by atoms with Crippen molar-refractivity contribution < 1.29 is 32.9 Å². The zero-order valence-electron chi connectivity index (χ0n) is 35.8. The molecular weight excluding hydrogens is 799 g/mol. The Labute approximate surface area is 362 Å². The summed E-state index contributed by atoms with van der Waals surface area (Å²) in [5.41, 5.74) is 7.93. The molecule has 0 aliphatic carbocycles. The van der Waals surface area contributed by atoms with Crippen molar-refractivity contribution in [2.24, 2.45) is 0 Å². The van der Waals surface area contributed by atoms with Gasteiger partial charge in [-0.15, -0.1) is 0 Å². The molecule has 0 saturated heterocycles. The second kappa shape index (κ2) is 23.4. The number of hydrogen-bond donors (Lipinski definition) is 1. The Bertz CT molecular complexity index is 2290. The summed E-state index contributed by atoms with van der Waals surface area (Å²) in [4.78, 5) is 19.7. The predicted molar refractivity (Wildman–Crippen MR) is 237 cm³/mol. The highest BCUT2D eigenvalue weighted by Gasteiger charge is 2.22. The van der Waals surface area contributed by atoms with Crippen LogP contribution in [-0.2, 0) is 43.3 Å². The lowest BCUT2D eigenvalue weighted by Crippen LogP contribution is -2.31. The van der Waals surface area contributed by atoms with Crippen LogP contribution in [0.25, 0.3) is 27.8 Å². The second-order valence-electron chi connectivity index (χ2n) is 14.8. The van der Waals surface area contributed by atoms with Crippen molar-refractivity contribution in [2.75, 3.05) is 79.1 Å². The van der Waals surface area contributed by atoms with Crippen molar-refractivity contribution >= 4 is 34.1 Å². The molecule has 61 heavy (non-hydrogen) atoms. The van der Waals surface area contributed by atoms with Crippen LogP contribution >= 0.6 is 11.6 Å². The number of aryl methyl sites for hydroxylation is 2. The van der Waals surface area contributed by atoms with Crippen LogP contribution in [0.1, 0.15) is 48.3 Å². The van der Waals surface area contributed by atoms with Crippen molar-refractivity contribution in [2.45, 2.75) is 53.6 Å². The maximum atomic E-state index is 14.5. The Kier molecular flexibility index (Phi) is 17.5. The van der Waals surface area contributed by atoms with Crippen molar-refractivity contribution in [1.82, 2.24) is 29.4 Å². The van der Waals surface area contributed by atoms with Crippen LogP contribution in [0.15, 0.2) is 79.0 Å². The van der Waals surface area contributed by atoms with E-state index in [-0.39, 0.29) is 18.1 Å². The van der Waals surface area contributed by atoms with Gasteiger partial charge >= 0.3 is 0 Å². The number of nitrogens with one attached hydrogen (secondary N) is 1. The number of benzene rings is 3. The maximum absolute atomic E-state index is 14.5. The minimum atomic E-state index is -0.256. The number of carbonyl (C=O) groups excluding carboxylic acids is 1. The Morgan fingerprint density at radius 2 is 1.49 bits per heavy atom. The van der Waals surface area contributed by atoms with Gasteiger partial charge in [-0.1, -0.05) is 23.7 Å². The smallest absolute Gasteiger partial charge is 0.227 e. The molecule has 0 bridgehead atoms. The van der Waals surface area contributed by atoms with Gasteiger partial charge in [0.05, 0.1) is 70.5 Å². The number of nitrogens with zero attached hydrogens (tertiary/aromatic N) is 5. The molecule has 0 unspecified atom stereocenters. The first-order valence-corrected chi connectivity index (χ1v) is 21.5. The molecule has 0 radical (unpaired) electrons. The first kappa shape index (κ1) is 45.6. The van der Waals surface area contributed by atoms with Gasteiger partial charge in [-0.3, -0.25) is 4.79 Å². The van der Waals surface area contributed by atoms with E-state index >= 15 is 0 Å². The number of fused-ring (bicyclic) bond motifs is 2. The van der Waals surface area contributed by atoms with E-state index in [1.807, 2.05) is 104 Å². The number of rotatable bonds is 26. The molecular formula is C47H58ClFN6O6. The highest BCUT2D eigenvalue weighted by atomic mass is 35.5. The summed E-state index contributed by atoms with van der Waals surface area (Å²) < 4.78 is 47.0. The van der Waals surface area contributed by atoms with Crippen molar-refractivity contribution in [1.29, 1.82) is 0 Å². The van der Waals surface area contributed by atoms with E-state index in [1.54, 1.807) is 12.1 Å². The first-order valence-electron chi connectivity index (χ1n) is 21.1. The number of carbonyl (C=O) groups is 1. The van der Waals surface area contributed by atoms with E-state index in [0.717, 1.165) is 68.1 Å². The van der Waals surface area contributed by atoms with Gasteiger partial charge in [0.2, 0.25) is 5.91 Å².